The summed E-state index contributed by atoms with van der Waals surface area (Å²) in [5.74, 6) is -0.00262. The highest BCUT2D eigenvalue weighted by Crippen LogP contribution is 2.22. The molecule has 0 aliphatic carbocycles. The van der Waals surface area contributed by atoms with Gasteiger partial charge < -0.3 is 10.4 Å². The van der Waals surface area contributed by atoms with Crippen LogP contribution in [0.15, 0.2) is 23.1 Å². The van der Waals surface area contributed by atoms with Gasteiger partial charge in [-0.25, -0.2) is 0 Å². The molecule has 0 saturated heterocycles. The monoisotopic (exact) mass is 301 g/mol. The highest BCUT2D eigenvalue weighted by molar-refractivity contribution is 7.98. The maximum Gasteiger partial charge on any atom is 0.252 e. The van der Waals surface area contributed by atoms with Gasteiger partial charge in [0.25, 0.3) is 5.91 Å². The number of amides is 1. The van der Waals surface area contributed by atoms with Gasteiger partial charge in [0.05, 0.1) is 16.7 Å². The second-order valence-electron chi connectivity index (χ2n) is 4.70. The predicted octanol–water partition coefficient (Wildman–Crippen LogP) is 3.20. The Kier molecular flexibility index (Phi) is 6.69. The summed E-state index contributed by atoms with van der Waals surface area (Å²) in [5.41, 5.74) is 0.479. The highest BCUT2D eigenvalue weighted by Gasteiger charge is 2.13. The molecule has 0 heterocycles. The average molecular weight is 302 g/mol. The van der Waals surface area contributed by atoms with Crippen molar-refractivity contribution in [2.45, 2.75) is 31.3 Å². The number of aliphatic hydroxyl groups excluding tert-OH is 1. The molecule has 1 unspecified atom stereocenters. The Morgan fingerprint density at radius 3 is 2.74 bits per heavy atom. The molecule has 0 aliphatic heterocycles. The lowest BCUT2D eigenvalue weighted by Crippen LogP contribution is -2.28. The normalized spacial score (nSPS) is 12.5. The zero-order chi connectivity index (χ0) is 14.4. The number of carbonyl (C=O) groups excluding carboxylic acids is 1. The Labute approximate surface area is 123 Å². The Bertz CT molecular complexity index is 437. The van der Waals surface area contributed by atoms with Crippen molar-refractivity contribution in [3.63, 3.8) is 0 Å². The van der Waals surface area contributed by atoms with E-state index in [1.54, 1.807) is 23.9 Å². The Morgan fingerprint density at radius 1 is 1.47 bits per heavy atom. The molecule has 0 saturated carbocycles. The van der Waals surface area contributed by atoms with Crippen LogP contribution in [0.1, 0.15) is 30.6 Å². The number of halogens is 1. The molecule has 0 aromatic heterocycles. The van der Waals surface area contributed by atoms with Gasteiger partial charge >= 0.3 is 0 Å². The summed E-state index contributed by atoms with van der Waals surface area (Å²) in [6.45, 7) is 4.34. The molecule has 1 aromatic rings. The van der Waals surface area contributed by atoms with Gasteiger partial charge in [-0.15, -0.1) is 11.8 Å². The van der Waals surface area contributed by atoms with Crippen LogP contribution in [0.2, 0.25) is 5.02 Å². The maximum atomic E-state index is 12.0. The largest absolute Gasteiger partial charge is 0.393 e. The second kappa shape index (κ2) is 7.78. The van der Waals surface area contributed by atoms with Crippen molar-refractivity contribution in [2.24, 2.45) is 5.92 Å². The lowest BCUT2D eigenvalue weighted by atomic mass is 10.0. The van der Waals surface area contributed by atoms with Gasteiger partial charge in [0, 0.05) is 11.4 Å². The van der Waals surface area contributed by atoms with E-state index in [-0.39, 0.29) is 11.8 Å². The molecule has 0 spiro atoms. The third-order valence-corrected chi connectivity index (χ3v) is 3.97. The summed E-state index contributed by atoms with van der Waals surface area (Å²) >= 11 is 7.58. The molecule has 0 fully saturated rings. The first-order chi connectivity index (χ1) is 8.95. The number of hydrogen-bond donors (Lipinski definition) is 2. The minimum atomic E-state index is -0.395. The summed E-state index contributed by atoms with van der Waals surface area (Å²) in [6.07, 6.45) is 2.10. The molecule has 0 radical (unpaired) electrons. The third kappa shape index (κ3) is 5.05. The van der Waals surface area contributed by atoms with Crippen LogP contribution in [0.5, 0.6) is 0 Å². The van der Waals surface area contributed by atoms with Crippen LogP contribution < -0.4 is 5.32 Å². The van der Waals surface area contributed by atoms with Gasteiger partial charge in [-0.05, 0) is 36.8 Å². The van der Waals surface area contributed by atoms with Gasteiger partial charge in [0.1, 0.15) is 0 Å². The van der Waals surface area contributed by atoms with Crippen molar-refractivity contribution in [3.05, 3.63) is 28.8 Å². The van der Waals surface area contributed by atoms with Crippen molar-refractivity contribution >= 4 is 29.3 Å². The first-order valence-corrected chi connectivity index (χ1v) is 7.85. The van der Waals surface area contributed by atoms with E-state index in [2.05, 4.69) is 5.32 Å². The zero-order valence-electron chi connectivity index (χ0n) is 11.4. The maximum absolute atomic E-state index is 12.0. The molecule has 3 nitrogen and oxygen atoms in total. The summed E-state index contributed by atoms with van der Waals surface area (Å²) in [6, 6.07) is 5.39. The Balaban J connectivity index is 2.58. The molecule has 1 aromatic carbocycles. The van der Waals surface area contributed by atoms with E-state index >= 15 is 0 Å². The number of hydrogen-bond acceptors (Lipinski definition) is 3. The van der Waals surface area contributed by atoms with Crippen molar-refractivity contribution in [1.82, 2.24) is 5.32 Å². The lowest BCUT2D eigenvalue weighted by molar-refractivity contribution is 0.0920. The number of carbonyl (C=O) groups is 1. The number of aliphatic hydroxyl groups is 1. The Hall–Kier alpha value is -0.710. The molecule has 19 heavy (non-hydrogen) atoms. The number of rotatable bonds is 6. The van der Waals surface area contributed by atoms with E-state index in [1.807, 2.05) is 26.2 Å². The van der Waals surface area contributed by atoms with Crippen molar-refractivity contribution < 1.29 is 9.90 Å². The molecule has 2 N–H and O–H groups in total. The quantitative estimate of drug-likeness (QED) is 0.793. The molecule has 0 aliphatic rings. The fourth-order valence-corrected chi connectivity index (χ4v) is 2.21. The second-order valence-corrected chi connectivity index (χ2v) is 5.99. The van der Waals surface area contributed by atoms with Gasteiger partial charge in [-0.1, -0.05) is 25.4 Å². The fraction of sp³-hybridized carbons (Fsp3) is 0.500. The summed E-state index contributed by atoms with van der Waals surface area (Å²) in [7, 11) is 0. The topological polar surface area (TPSA) is 49.3 Å². The molecule has 106 valence electrons. The highest BCUT2D eigenvalue weighted by atomic mass is 35.5. The third-order valence-electron chi connectivity index (χ3n) is 2.91. The molecule has 1 atom stereocenters. The predicted molar refractivity (Wildman–Crippen MR) is 81.0 cm³/mol. The van der Waals surface area contributed by atoms with E-state index in [4.69, 9.17) is 11.6 Å². The molecule has 0 bridgehead atoms. The Morgan fingerprint density at radius 2 is 2.16 bits per heavy atom. The van der Waals surface area contributed by atoms with Gasteiger partial charge in [0.2, 0.25) is 0 Å². The standard InChI is InChI=1S/C14H20ClNO2S/c1-9(2)13(17)6-7-16-14(18)11-8-10(19-3)4-5-12(11)15/h4-5,8-9,13,17H,6-7H2,1-3H3,(H,16,18). The first kappa shape index (κ1) is 16.3. The van der Waals surface area contributed by atoms with E-state index in [0.29, 0.717) is 23.6 Å². The summed E-state index contributed by atoms with van der Waals surface area (Å²) in [5, 5.41) is 12.9. The van der Waals surface area contributed by atoms with Crippen molar-refractivity contribution in [3.8, 4) is 0 Å². The number of benzene rings is 1. The molecule has 1 amide bonds. The molecule has 1 rings (SSSR count). The van der Waals surface area contributed by atoms with Crippen LogP contribution in [-0.4, -0.2) is 29.9 Å². The van der Waals surface area contributed by atoms with Crippen molar-refractivity contribution in [2.75, 3.05) is 12.8 Å². The van der Waals surface area contributed by atoms with Gasteiger partial charge in [0.15, 0.2) is 0 Å². The number of nitrogens with one attached hydrogen (secondary N) is 1. The molecular formula is C14H20ClNO2S. The summed E-state index contributed by atoms with van der Waals surface area (Å²) in [4.78, 5) is 13.0. The van der Waals surface area contributed by atoms with E-state index < -0.39 is 6.10 Å². The van der Waals surface area contributed by atoms with Gasteiger partial charge in [-0.2, -0.15) is 0 Å². The zero-order valence-corrected chi connectivity index (χ0v) is 13.0. The molecular weight excluding hydrogens is 282 g/mol. The first-order valence-electron chi connectivity index (χ1n) is 6.25. The minimum absolute atomic E-state index is 0.195. The van der Waals surface area contributed by atoms with Crippen LogP contribution in [-0.2, 0) is 0 Å². The number of thioether (sulfide) groups is 1. The van der Waals surface area contributed by atoms with Gasteiger partial charge in [-0.3, -0.25) is 4.79 Å². The SMILES string of the molecule is CSc1ccc(Cl)c(C(=O)NCCC(O)C(C)C)c1. The lowest BCUT2D eigenvalue weighted by Gasteiger charge is -2.14. The van der Waals surface area contributed by atoms with Crippen LogP contribution in [0.25, 0.3) is 0 Å². The molecule has 5 heteroatoms. The van der Waals surface area contributed by atoms with Crippen molar-refractivity contribution in [1.29, 1.82) is 0 Å². The van der Waals surface area contributed by atoms with E-state index in [0.717, 1.165) is 4.90 Å². The summed E-state index contributed by atoms with van der Waals surface area (Å²) < 4.78 is 0. The average Bonchev–Trinajstić information content (AvgIpc) is 2.38. The van der Waals surface area contributed by atoms with Crippen LogP contribution in [0.4, 0.5) is 0 Å². The van der Waals surface area contributed by atoms with E-state index in [1.165, 1.54) is 0 Å². The minimum Gasteiger partial charge on any atom is -0.393 e. The van der Waals surface area contributed by atoms with Crippen LogP contribution in [0, 0.1) is 5.92 Å². The smallest absolute Gasteiger partial charge is 0.252 e. The van der Waals surface area contributed by atoms with E-state index in [9.17, 15) is 9.90 Å². The van der Waals surface area contributed by atoms with Crippen LogP contribution >= 0.6 is 23.4 Å². The fourth-order valence-electron chi connectivity index (χ4n) is 1.57. The van der Waals surface area contributed by atoms with Crippen LogP contribution in [0.3, 0.4) is 0 Å².